The summed E-state index contributed by atoms with van der Waals surface area (Å²) in [5.74, 6) is -0.150. The Labute approximate surface area is 205 Å². The zero-order valence-corrected chi connectivity index (χ0v) is 19.2. The van der Waals surface area contributed by atoms with Gasteiger partial charge in [-0.1, -0.05) is 53.7 Å². The van der Waals surface area contributed by atoms with Gasteiger partial charge in [0.1, 0.15) is 29.3 Å². The zero-order chi connectivity index (χ0) is 24.9. The third kappa shape index (κ3) is 4.89. The van der Waals surface area contributed by atoms with Gasteiger partial charge in [-0.15, -0.1) is 0 Å². The number of nitrogens with one attached hydrogen (secondary N) is 1. The van der Waals surface area contributed by atoms with E-state index in [9.17, 15) is 9.18 Å². The summed E-state index contributed by atoms with van der Waals surface area (Å²) in [6.07, 6.45) is 2.16. The molecule has 5 rings (SSSR count). The van der Waals surface area contributed by atoms with Crippen LogP contribution in [0.3, 0.4) is 0 Å². The number of amides is 1. The molecule has 0 fully saturated rings. The van der Waals surface area contributed by atoms with Crippen molar-refractivity contribution in [1.29, 1.82) is 0 Å². The van der Waals surface area contributed by atoms with E-state index in [2.05, 4.69) is 25.5 Å². The van der Waals surface area contributed by atoms with Gasteiger partial charge in [0, 0.05) is 24.9 Å². The van der Waals surface area contributed by atoms with Crippen molar-refractivity contribution in [3.63, 3.8) is 0 Å². The van der Waals surface area contributed by atoms with Gasteiger partial charge in [-0.3, -0.25) is 9.48 Å². The summed E-state index contributed by atoms with van der Waals surface area (Å²) >= 11 is 0. The van der Waals surface area contributed by atoms with Gasteiger partial charge in [0.25, 0.3) is 5.91 Å². The molecule has 1 N–H and O–H groups in total. The second-order valence-corrected chi connectivity index (χ2v) is 7.83. The van der Waals surface area contributed by atoms with E-state index >= 15 is 0 Å². The van der Waals surface area contributed by atoms with E-state index in [4.69, 9.17) is 9.26 Å². The zero-order valence-electron chi connectivity index (χ0n) is 19.2. The van der Waals surface area contributed by atoms with Gasteiger partial charge in [-0.25, -0.2) is 14.4 Å². The minimum absolute atomic E-state index is 0.165. The normalized spacial score (nSPS) is 11.8. The van der Waals surface area contributed by atoms with Crippen molar-refractivity contribution in [1.82, 2.24) is 24.9 Å². The van der Waals surface area contributed by atoms with Crippen molar-refractivity contribution in [2.75, 3.05) is 12.4 Å². The highest BCUT2D eigenvalue weighted by molar-refractivity contribution is 5.94. The molecule has 1 unspecified atom stereocenters. The molecule has 0 saturated carbocycles. The maximum atomic E-state index is 14.3. The number of carbonyl (C=O) groups is 1. The topological polar surface area (TPSA) is 108 Å². The predicted molar refractivity (Wildman–Crippen MR) is 129 cm³/mol. The van der Waals surface area contributed by atoms with E-state index in [0.29, 0.717) is 22.6 Å². The van der Waals surface area contributed by atoms with Crippen molar-refractivity contribution in [3.8, 4) is 22.9 Å². The van der Waals surface area contributed by atoms with E-state index in [1.807, 2.05) is 30.3 Å². The van der Waals surface area contributed by atoms with Crippen LogP contribution in [0.1, 0.15) is 17.2 Å². The highest BCUT2D eigenvalue weighted by Gasteiger charge is 2.21. The standard InChI is InChI=1S/C26H21FN6O3/c1-35-24(17-7-3-2-4-8-17)26(34)30-23-11-13-28-25(29-23)21-15-22(20-12-14-36-32-20)33(31-21)16-18-9-5-6-10-19(18)27/h2-15,24H,16H2,1H3,(H,28,29,30,34). The Bertz CT molecular complexity index is 1470. The Morgan fingerprint density at radius 3 is 2.64 bits per heavy atom. The molecular formula is C26H21FN6O3. The van der Waals surface area contributed by atoms with Gasteiger partial charge in [0.2, 0.25) is 0 Å². The molecule has 0 spiro atoms. The molecule has 0 aliphatic carbocycles. The fourth-order valence-electron chi connectivity index (χ4n) is 3.75. The number of halogens is 1. The lowest BCUT2D eigenvalue weighted by atomic mass is 10.1. The highest BCUT2D eigenvalue weighted by atomic mass is 19.1. The van der Waals surface area contributed by atoms with Crippen molar-refractivity contribution >= 4 is 11.7 Å². The molecule has 36 heavy (non-hydrogen) atoms. The Balaban J connectivity index is 1.44. The van der Waals surface area contributed by atoms with E-state index in [-0.39, 0.29) is 29.9 Å². The summed E-state index contributed by atoms with van der Waals surface area (Å²) < 4.78 is 26.3. The quantitative estimate of drug-likeness (QED) is 0.345. The maximum absolute atomic E-state index is 14.3. The first-order chi connectivity index (χ1) is 17.6. The number of aromatic nitrogens is 5. The van der Waals surface area contributed by atoms with E-state index in [1.54, 1.807) is 41.1 Å². The fourth-order valence-corrected chi connectivity index (χ4v) is 3.75. The SMILES string of the molecule is COC(C(=O)Nc1ccnc(-c2cc(-c3ccon3)n(Cc3ccccc3F)n2)n1)c1ccccc1. The molecule has 3 heterocycles. The van der Waals surface area contributed by atoms with Crippen LogP contribution in [0.2, 0.25) is 0 Å². The number of benzene rings is 2. The first kappa shape index (κ1) is 23.1. The molecule has 180 valence electrons. The molecule has 0 aliphatic heterocycles. The van der Waals surface area contributed by atoms with Crippen molar-refractivity contribution in [3.05, 3.63) is 102 Å². The summed E-state index contributed by atoms with van der Waals surface area (Å²) in [5.41, 5.74) is 2.73. The average Bonchev–Trinajstić information content (AvgIpc) is 3.57. The molecule has 0 saturated heterocycles. The number of ether oxygens (including phenoxy) is 1. The van der Waals surface area contributed by atoms with Gasteiger partial charge in [0.15, 0.2) is 11.9 Å². The third-order valence-corrected chi connectivity index (χ3v) is 5.47. The molecule has 3 aromatic heterocycles. The molecule has 0 radical (unpaired) electrons. The lowest BCUT2D eigenvalue weighted by Crippen LogP contribution is -2.23. The van der Waals surface area contributed by atoms with E-state index in [0.717, 1.165) is 5.56 Å². The number of carbonyl (C=O) groups excluding carboxylic acids is 1. The van der Waals surface area contributed by atoms with Crippen molar-refractivity contribution in [2.45, 2.75) is 12.6 Å². The van der Waals surface area contributed by atoms with Crippen LogP contribution in [0.5, 0.6) is 0 Å². The summed E-state index contributed by atoms with van der Waals surface area (Å²) in [5, 5.41) is 11.4. The van der Waals surface area contributed by atoms with Crippen LogP contribution in [0.25, 0.3) is 22.9 Å². The second kappa shape index (κ2) is 10.3. The molecular weight excluding hydrogens is 463 g/mol. The van der Waals surface area contributed by atoms with Crippen molar-refractivity contribution < 1.29 is 18.4 Å². The number of methoxy groups -OCH3 is 1. The lowest BCUT2D eigenvalue weighted by Gasteiger charge is -2.15. The molecule has 10 heteroatoms. The Morgan fingerprint density at radius 1 is 1.08 bits per heavy atom. The Morgan fingerprint density at radius 2 is 1.89 bits per heavy atom. The van der Waals surface area contributed by atoms with Crippen LogP contribution in [-0.2, 0) is 16.1 Å². The molecule has 0 aliphatic rings. The third-order valence-electron chi connectivity index (χ3n) is 5.47. The van der Waals surface area contributed by atoms with Crippen LogP contribution in [-0.4, -0.2) is 37.9 Å². The van der Waals surface area contributed by atoms with Gasteiger partial charge < -0.3 is 14.6 Å². The molecule has 1 amide bonds. The number of nitrogens with zero attached hydrogens (tertiary/aromatic N) is 5. The minimum Gasteiger partial charge on any atom is -0.367 e. The number of hydrogen-bond donors (Lipinski definition) is 1. The first-order valence-corrected chi connectivity index (χ1v) is 11.1. The molecule has 2 aromatic carbocycles. The molecule has 0 bridgehead atoms. The Kier molecular flexibility index (Phi) is 6.59. The van der Waals surface area contributed by atoms with Crippen LogP contribution < -0.4 is 5.32 Å². The predicted octanol–water partition coefficient (Wildman–Crippen LogP) is 4.51. The monoisotopic (exact) mass is 484 g/mol. The average molecular weight is 484 g/mol. The molecule has 9 nitrogen and oxygen atoms in total. The van der Waals surface area contributed by atoms with E-state index < -0.39 is 6.10 Å². The van der Waals surface area contributed by atoms with Gasteiger partial charge in [-0.2, -0.15) is 5.10 Å². The van der Waals surface area contributed by atoms with Crippen LogP contribution in [0, 0.1) is 5.82 Å². The second-order valence-electron chi connectivity index (χ2n) is 7.83. The largest absolute Gasteiger partial charge is 0.367 e. The van der Waals surface area contributed by atoms with Crippen LogP contribution in [0.4, 0.5) is 10.2 Å². The van der Waals surface area contributed by atoms with Gasteiger partial charge in [-0.05, 0) is 23.8 Å². The highest BCUT2D eigenvalue weighted by Crippen LogP contribution is 2.26. The van der Waals surface area contributed by atoms with E-state index in [1.165, 1.54) is 25.6 Å². The summed E-state index contributed by atoms with van der Waals surface area (Å²) in [7, 11) is 1.47. The summed E-state index contributed by atoms with van der Waals surface area (Å²) in [6.45, 7) is 0.165. The summed E-state index contributed by atoms with van der Waals surface area (Å²) in [4.78, 5) is 21.6. The van der Waals surface area contributed by atoms with Crippen LogP contribution in [0.15, 0.2) is 89.8 Å². The number of rotatable bonds is 8. The fraction of sp³-hybridized carbons (Fsp3) is 0.115. The number of anilines is 1. The van der Waals surface area contributed by atoms with Gasteiger partial charge in [0.05, 0.1) is 12.2 Å². The smallest absolute Gasteiger partial charge is 0.259 e. The lowest BCUT2D eigenvalue weighted by molar-refractivity contribution is -0.126. The summed E-state index contributed by atoms with van der Waals surface area (Å²) in [6, 6.07) is 20.6. The maximum Gasteiger partial charge on any atom is 0.259 e. The number of hydrogen-bond acceptors (Lipinski definition) is 7. The Hall–Kier alpha value is -4.70. The van der Waals surface area contributed by atoms with Crippen molar-refractivity contribution in [2.24, 2.45) is 0 Å². The van der Waals surface area contributed by atoms with Crippen LogP contribution >= 0.6 is 0 Å². The first-order valence-electron chi connectivity index (χ1n) is 11.1. The minimum atomic E-state index is -0.802. The van der Waals surface area contributed by atoms with Gasteiger partial charge >= 0.3 is 0 Å². The molecule has 5 aromatic rings. The molecule has 1 atom stereocenters.